The van der Waals surface area contributed by atoms with Crippen molar-refractivity contribution in [1.29, 1.82) is 0 Å². The summed E-state index contributed by atoms with van der Waals surface area (Å²) in [5.41, 5.74) is 4.43. The van der Waals surface area contributed by atoms with Gasteiger partial charge in [-0.25, -0.2) is 9.67 Å². The van der Waals surface area contributed by atoms with E-state index in [9.17, 15) is 0 Å². The molecule has 1 aliphatic rings. The van der Waals surface area contributed by atoms with Gasteiger partial charge < -0.3 is 14.2 Å². The Morgan fingerprint density at radius 3 is 2.55 bits per heavy atom. The molecule has 1 fully saturated rings. The number of rotatable bonds is 5. The van der Waals surface area contributed by atoms with E-state index in [1.54, 1.807) is 0 Å². The number of aromatic nitrogens is 5. The fourth-order valence-electron chi connectivity index (χ4n) is 3.64. The van der Waals surface area contributed by atoms with Crippen LogP contribution in [-0.4, -0.2) is 51.2 Å². The van der Waals surface area contributed by atoms with Crippen LogP contribution in [0.5, 0.6) is 0 Å². The van der Waals surface area contributed by atoms with E-state index in [0.717, 1.165) is 43.3 Å². The Morgan fingerprint density at radius 1 is 0.935 bits per heavy atom. The first kappa shape index (κ1) is 19.4. The Balaban J connectivity index is 1.35. The van der Waals surface area contributed by atoms with Gasteiger partial charge in [-0.15, -0.1) is 5.10 Å². The van der Waals surface area contributed by atoms with Crippen LogP contribution in [0.3, 0.4) is 0 Å². The molecule has 3 heterocycles. The SMILES string of the molecule is Cc1ccc(-c2nc(-c3nc(C)n(Cc4cccc(N5CCOCC5)c4)n3)no2)cc1. The van der Waals surface area contributed by atoms with E-state index in [1.807, 2.05) is 42.8 Å². The van der Waals surface area contributed by atoms with Crippen molar-refractivity contribution in [1.82, 2.24) is 24.9 Å². The third kappa shape index (κ3) is 4.20. The minimum atomic E-state index is 0.388. The number of ether oxygens (including phenoxy) is 1. The van der Waals surface area contributed by atoms with Crippen LogP contribution in [0.2, 0.25) is 0 Å². The van der Waals surface area contributed by atoms with Crippen molar-refractivity contribution in [2.75, 3.05) is 31.2 Å². The maximum Gasteiger partial charge on any atom is 0.258 e. The number of hydrogen-bond donors (Lipinski definition) is 0. The molecule has 31 heavy (non-hydrogen) atoms. The molecule has 0 spiro atoms. The molecule has 2 aromatic carbocycles. The van der Waals surface area contributed by atoms with Crippen molar-refractivity contribution in [3.8, 4) is 23.1 Å². The maximum atomic E-state index is 5.46. The van der Waals surface area contributed by atoms with Gasteiger partial charge in [-0.05, 0) is 43.7 Å². The van der Waals surface area contributed by atoms with Gasteiger partial charge >= 0.3 is 0 Å². The van der Waals surface area contributed by atoms with E-state index in [1.165, 1.54) is 11.3 Å². The van der Waals surface area contributed by atoms with Crippen LogP contribution in [0.15, 0.2) is 53.1 Å². The number of anilines is 1. The lowest BCUT2D eigenvalue weighted by Crippen LogP contribution is -2.36. The third-order valence-corrected chi connectivity index (χ3v) is 5.40. The van der Waals surface area contributed by atoms with Gasteiger partial charge in [-0.3, -0.25) is 0 Å². The summed E-state index contributed by atoms with van der Waals surface area (Å²) in [6, 6.07) is 16.5. The molecule has 0 aliphatic carbocycles. The second kappa shape index (κ2) is 8.31. The van der Waals surface area contributed by atoms with Crippen molar-refractivity contribution in [3.05, 3.63) is 65.5 Å². The van der Waals surface area contributed by atoms with E-state index in [0.29, 0.717) is 24.1 Å². The topological polar surface area (TPSA) is 82.1 Å². The van der Waals surface area contributed by atoms with Crippen molar-refractivity contribution in [2.24, 2.45) is 0 Å². The first-order valence-electron chi connectivity index (χ1n) is 10.4. The Labute approximate surface area is 180 Å². The molecular weight excluding hydrogens is 392 g/mol. The number of nitrogens with zero attached hydrogens (tertiary/aromatic N) is 6. The van der Waals surface area contributed by atoms with Gasteiger partial charge in [0.05, 0.1) is 19.8 Å². The summed E-state index contributed by atoms with van der Waals surface area (Å²) in [4.78, 5) is 11.4. The molecule has 5 rings (SSSR count). The molecule has 0 saturated carbocycles. The summed E-state index contributed by atoms with van der Waals surface area (Å²) in [7, 11) is 0. The Kier molecular flexibility index (Phi) is 5.21. The van der Waals surface area contributed by atoms with Gasteiger partial charge in [0, 0.05) is 24.3 Å². The molecule has 0 bridgehead atoms. The summed E-state index contributed by atoms with van der Waals surface area (Å²) in [5, 5.41) is 8.70. The second-order valence-corrected chi connectivity index (χ2v) is 7.70. The second-order valence-electron chi connectivity index (χ2n) is 7.70. The van der Waals surface area contributed by atoms with Gasteiger partial charge in [0.1, 0.15) is 5.82 Å². The van der Waals surface area contributed by atoms with Crippen LogP contribution in [0, 0.1) is 13.8 Å². The lowest BCUT2D eigenvalue weighted by atomic mass is 10.1. The van der Waals surface area contributed by atoms with Crippen LogP contribution in [0.4, 0.5) is 5.69 Å². The average Bonchev–Trinajstić information content (AvgIpc) is 3.43. The van der Waals surface area contributed by atoms with Gasteiger partial charge in [0.15, 0.2) is 0 Å². The van der Waals surface area contributed by atoms with Crippen LogP contribution in [0.1, 0.15) is 17.0 Å². The summed E-state index contributed by atoms with van der Waals surface area (Å²) >= 11 is 0. The van der Waals surface area contributed by atoms with Crippen molar-refractivity contribution < 1.29 is 9.26 Å². The summed E-state index contributed by atoms with van der Waals surface area (Å²) in [6.45, 7) is 7.96. The molecule has 8 heteroatoms. The average molecular weight is 416 g/mol. The lowest BCUT2D eigenvalue weighted by molar-refractivity contribution is 0.122. The zero-order chi connectivity index (χ0) is 21.2. The molecule has 158 valence electrons. The fourth-order valence-corrected chi connectivity index (χ4v) is 3.64. The van der Waals surface area contributed by atoms with E-state index < -0.39 is 0 Å². The molecule has 0 radical (unpaired) electrons. The molecule has 0 unspecified atom stereocenters. The van der Waals surface area contributed by atoms with Crippen LogP contribution < -0.4 is 4.90 Å². The largest absolute Gasteiger partial charge is 0.378 e. The highest BCUT2D eigenvalue weighted by Crippen LogP contribution is 2.22. The molecule has 0 atom stereocenters. The van der Waals surface area contributed by atoms with Gasteiger partial charge in [-0.1, -0.05) is 35.0 Å². The minimum absolute atomic E-state index is 0.388. The minimum Gasteiger partial charge on any atom is -0.378 e. The Bertz CT molecular complexity index is 1180. The highest BCUT2D eigenvalue weighted by atomic mass is 16.5. The quantitative estimate of drug-likeness (QED) is 0.492. The van der Waals surface area contributed by atoms with Gasteiger partial charge in [-0.2, -0.15) is 4.98 Å². The highest BCUT2D eigenvalue weighted by Gasteiger charge is 2.17. The lowest BCUT2D eigenvalue weighted by Gasteiger charge is -2.29. The first-order chi connectivity index (χ1) is 15.2. The van der Waals surface area contributed by atoms with Gasteiger partial charge in [0.2, 0.25) is 11.6 Å². The van der Waals surface area contributed by atoms with Crippen LogP contribution in [-0.2, 0) is 11.3 Å². The van der Waals surface area contributed by atoms with Crippen LogP contribution >= 0.6 is 0 Å². The summed E-state index contributed by atoms with van der Waals surface area (Å²) in [5.74, 6) is 2.11. The van der Waals surface area contributed by atoms with Crippen molar-refractivity contribution >= 4 is 5.69 Å². The maximum absolute atomic E-state index is 5.46. The normalized spacial score (nSPS) is 14.2. The first-order valence-corrected chi connectivity index (χ1v) is 10.4. The van der Waals surface area contributed by atoms with E-state index >= 15 is 0 Å². The highest BCUT2D eigenvalue weighted by molar-refractivity contribution is 5.56. The van der Waals surface area contributed by atoms with E-state index in [-0.39, 0.29) is 0 Å². The van der Waals surface area contributed by atoms with Crippen LogP contribution in [0.25, 0.3) is 23.1 Å². The summed E-state index contributed by atoms with van der Waals surface area (Å²) in [6.07, 6.45) is 0. The van der Waals surface area contributed by atoms with Crippen molar-refractivity contribution in [3.63, 3.8) is 0 Å². The molecule has 2 aromatic heterocycles. The fraction of sp³-hybridized carbons (Fsp3) is 0.304. The standard InChI is InChI=1S/C23H24N6O2/c1-16-6-8-19(9-7-16)23-25-22(27-31-23)21-24-17(2)29(26-21)15-18-4-3-5-20(14-18)28-10-12-30-13-11-28/h3-9,14H,10-13,15H2,1-2H3. The smallest absolute Gasteiger partial charge is 0.258 e. The molecule has 8 nitrogen and oxygen atoms in total. The predicted octanol–water partition coefficient (Wildman–Crippen LogP) is 3.50. The molecule has 1 saturated heterocycles. The van der Waals surface area contributed by atoms with E-state index in [4.69, 9.17) is 9.26 Å². The van der Waals surface area contributed by atoms with E-state index in [2.05, 4.69) is 49.4 Å². The zero-order valence-electron chi connectivity index (χ0n) is 17.7. The molecular formula is C23H24N6O2. The Morgan fingerprint density at radius 2 is 1.74 bits per heavy atom. The van der Waals surface area contributed by atoms with Gasteiger partial charge in [0.25, 0.3) is 5.89 Å². The Hall–Kier alpha value is -3.52. The molecule has 0 N–H and O–H groups in total. The number of morpholine rings is 1. The molecule has 1 aliphatic heterocycles. The monoisotopic (exact) mass is 416 g/mol. The third-order valence-electron chi connectivity index (χ3n) is 5.40. The number of hydrogen-bond acceptors (Lipinski definition) is 7. The zero-order valence-corrected chi connectivity index (χ0v) is 17.7. The summed E-state index contributed by atoms with van der Waals surface area (Å²) < 4.78 is 12.8. The van der Waals surface area contributed by atoms with Crippen molar-refractivity contribution in [2.45, 2.75) is 20.4 Å². The molecule has 0 amide bonds. The molecule has 4 aromatic rings. The predicted molar refractivity (Wildman–Crippen MR) is 117 cm³/mol. The number of aryl methyl sites for hydroxylation is 2. The number of benzene rings is 2.